The molecule has 0 aliphatic carbocycles. The first kappa shape index (κ1) is 22.9. The topological polar surface area (TPSA) is 105 Å². The summed E-state index contributed by atoms with van der Waals surface area (Å²) < 4.78 is 24.5. The van der Waals surface area contributed by atoms with E-state index in [1.54, 1.807) is 30.3 Å². The molecule has 3 amide bonds. The predicted molar refractivity (Wildman–Crippen MR) is 132 cm³/mol. The van der Waals surface area contributed by atoms with E-state index >= 15 is 0 Å². The number of imide groups is 1. The lowest BCUT2D eigenvalue weighted by atomic mass is 10.1. The lowest BCUT2D eigenvalue weighted by Crippen LogP contribution is -2.42. The molecule has 1 aliphatic rings. The van der Waals surface area contributed by atoms with E-state index in [2.05, 4.69) is 4.98 Å². The second-order valence-electron chi connectivity index (χ2n) is 8.11. The third kappa shape index (κ3) is 4.33. The summed E-state index contributed by atoms with van der Waals surface area (Å²) >= 11 is 1.17. The highest BCUT2D eigenvalue weighted by molar-refractivity contribution is 7.90. The second-order valence-corrected chi connectivity index (χ2v) is 11.1. The monoisotopic (exact) mass is 505 g/mol. The van der Waals surface area contributed by atoms with Crippen LogP contribution < -0.4 is 4.90 Å². The first-order valence-electron chi connectivity index (χ1n) is 10.6. The van der Waals surface area contributed by atoms with Crippen molar-refractivity contribution in [3.63, 3.8) is 0 Å². The van der Waals surface area contributed by atoms with Crippen LogP contribution in [0.1, 0.15) is 26.3 Å². The molecule has 0 bridgehead atoms. The molecule has 0 unspecified atom stereocenters. The largest absolute Gasteiger partial charge is 0.282 e. The maximum absolute atomic E-state index is 13.5. The number of fused-ring (bicyclic) bond motifs is 2. The minimum atomic E-state index is -3.41. The van der Waals surface area contributed by atoms with Gasteiger partial charge >= 0.3 is 0 Å². The van der Waals surface area contributed by atoms with Crippen molar-refractivity contribution in [2.24, 2.45) is 0 Å². The predicted octanol–water partition coefficient (Wildman–Crippen LogP) is 3.53. The van der Waals surface area contributed by atoms with Crippen molar-refractivity contribution in [1.29, 1.82) is 0 Å². The molecule has 3 aromatic carbocycles. The molecule has 35 heavy (non-hydrogen) atoms. The van der Waals surface area contributed by atoms with Crippen LogP contribution in [-0.4, -0.2) is 48.8 Å². The van der Waals surface area contributed by atoms with E-state index in [4.69, 9.17) is 0 Å². The maximum Gasteiger partial charge on any atom is 0.262 e. The van der Waals surface area contributed by atoms with Gasteiger partial charge in [-0.3, -0.25) is 24.2 Å². The first-order chi connectivity index (χ1) is 16.7. The van der Waals surface area contributed by atoms with Crippen molar-refractivity contribution in [2.45, 2.75) is 11.4 Å². The summed E-state index contributed by atoms with van der Waals surface area (Å²) in [6.07, 6.45) is 1.13. The van der Waals surface area contributed by atoms with E-state index in [-0.39, 0.29) is 22.6 Å². The number of thiazole rings is 1. The van der Waals surface area contributed by atoms with Crippen LogP contribution in [0.25, 0.3) is 10.2 Å². The van der Waals surface area contributed by atoms with Crippen molar-refractivity contribution < 1.29 is 22.8 Å². The first-order valence-corrected chi connectivity index (χ1v) is 13.3. The quantitative estimate of drug-likeness (QED) is 0.371. The van der Waals surface area contributed by atoms with Gasteiger partial charge in [0.15, 0.2) is 15.0 Å². The van der Waals surface area contributed by atoms with Crippen LogP contribution in [0, 0.1) is 0 Å². The summed E-state index contributed by atoms with van der Waals surface area (Å²) in [6.45, 7) is -0.273. The van der Waals surface area contributed by atoms with Crippen LogP contribution >= 0.6 is 11.3 Å². The number of hydrogen-bond acceptors (Lipinski definition) is 7. The highest BCUT2D eigenvalue weighted by Gasteiger charge is 2.37. The van der Waals surface area contributed by atoms with Crippen LogP contribution in [0.2, 0.25) is 0 Å². The van der Waals surface area contributed by atoms with Gasteiger partial charge in [0.2, 0.25) is 5.91 Å². The van der Waals surface area contributed by atoms with Gasteiger partial charge in [-0.25, -0.2) is 13.4 Å². The average molecular weight is 506 g/mol. The van der Waals surface area contributed by atoms with Crippen molar-refractivity contribution in [1.82, 2.24) is 9.88 Å². The molecule has 2 heterocycles. The highest BCUT2D eigenvalue weighted by Crippen LogP contribution is 2.32. The number of benzene rings is 3. The van der Waals surface area contributed by atoms with Crippen molar-refractivity contribution >= 4 is 54.2 Å². The molecule has 0 fully saturated rings. The van der Waals surface area contributed by atoms with Gasteiger partial charge in [0.05, 0.1) is 32.8 Å². The molecule has 0 radical (unpaired) electrons. The number of anilines is 1. The number of carbonyl (C=O) groups is 3. The Morgan fingerprint density at radius 3 is 2.20 bits per heavy atom. The summed E-state index contributed by atoms with van der Waals surface area (Å²) in [5.74, 6) is -1.51. The number of carbonyl (C=O) groups excluding carboxylic acids is 3. The highest BCUT2D eigenvalue weighted by atomic mass is 32.2. The summed E-state index contributed by atoms with van der Waals surface area (Å²) in [5.41, 5.74) is 1.92. The number of hydrogen-bond donors (Lipinski definition) is 0. The molecule has 0 saturated heterocycles. The zero-order valence-electron chi connectivity index (χ0n) is 18.5. The van der Waals surface area contributed by atoms with E-state index in [1.165, 1.54) is 28.4 Å². The van der Waals surface area contributed by atoms with Gasteiger partial charge in [0.1, 0.15) is 6.54 Å². The average Bonchev–Trinajstić information content (AvgIpc) is 3.37. The molecular formula is C25H19N3O5S2. The molecule has 4 aromatic rings. The summed E-state index contributed by atoms with van der Waals surface area (Å²) in [4.78, 5) is 46.2. The van der Waals surface area contributed by atoms with E-state index in [0.29, 0.717) is 15.3 Å². The van der Waals surface area contributed by atoms with Gasteiger partial charge in [-0.2, -0.15) is 0 Å². The van der Waals surface area contributed by atoms with Gasteiger partial charge in [-0.1, -0.05) is 53.8 Å². The van der Waals surface area contributed by atoms with Gasteiger partial charge in [-0.15, -0.1) is 0 Å². The van der Waals surface area contributed by atoms with Crippen molar-refractivity contribution in [3.05, 3.63) is 89.5 Å². The smallest absolute Gasteiger partial charge is 0.262 e. The van der Waals surface area contributed by atoms with Gasteiger partial charge < -0.3 is 0 Å². The molecule has 0 saturated carbocycles. The lowest BCUT2D eigenvalue weighted by Gasteiger charge is -2.22. The molecule has 0 spiro atoms. The van der Waals surface area contributed by atoms with Crippen molar-refractivity contribution in [2.75, 3.05) is 17.7 Å². The van der Waals surface area contributed by atoms with Crippen LogP contribution in [0.15, 0.2) is 77.7 Å². The van der Waals surface area contributed by atoms with Crippen molar-refractivity contribution in [3.8, 4) is 0 Å². The fraction of sp³-hybridized carbons (Fsp3) is 0.120. The summed E-state index contributed by atoms with van der Waals surface area (Å²) in [7, 11) is -3.41. The Balaban J connectivity index is 1.50. The Hall–Kier alpha value is -3.89. The minimum absolute atomic E-state index is 0.159. The zero-order valence-corrected chi connectivity index (χ0v) is 20.2. The van der Waals surface area contributed by atoms with E-state index < -0.39 is 34.1 Å². The Labute approximate surface area is 205 Å². The molecule has 5 rings (SSSR count). The van der Waals surface area contributed by atoms with Crippen LogP contribution in [-0.2, 0) is 21.2 Å². The molecule has 8 nitrogen and oxygen atoms in total. The normalized spacial score (nSPS) is 13.3. The number of aromatic nitrogens is 1. The van der Waals surface area contributed by atoms with Gasteiger partial charge in [0.25, 0.3) is 11.8 Å². The summed E-state index contributed by atoms with van der Waals surface area (Å²) in [6, 6.07) is 20.3. The second kappa shape index (κ2) is 8.71. The van der Waals surface area contributed by atoms with E-state index in [0.717, 1.165) is 16.7 Å². The van der Waals surface area contributed by atoms with E-state index in [9.17, 15) is 22.8 Å². The SMILES string of the molecule is CS(=O)(=O)c1ccc2nc(N(Cc3ccccc3)C(=O)CN3C(=O)c4ccccc4C3=O)sc2c1. The Bertz CT molecular complexity index is 1560. The molecule has 10 heteroatoms. The third-order valence-electron chi connectivity index (χ3n) is 5.66. The number of sulfone groups is 1. The lowest BCUT2D eigenvalue weighted by molar-refractivity contribution is -0.119. The number of amides is 3. The van der Waals surface area contributed by atoms with Crippen LogP contribution in [0.4, 0.5) is 5.13 Å². The number of nitrogens with zero attached hydrogens (tertiary/aromatic N) is 3. The standard InChI is InChI=1S/C25H19N3O5S2/c1-35(32,33)17-11-12-20-21(13-17)34-25(26-20)27(14-16-7-3-2-4-8-16)22(29)15-28-23(30)18-9-5-6-10-19(18)24(28)31/h2-13H,14-15H2,1H3. The molecule has 0 N–H and O–H groups in total. The van der Waals surface area contributed by atoms with E-state index in [1.807, 2.05) is 30.3 Å². The van der Waals surface area contributed by atoms with Gasteiger partial charge in [0, 0.05) is 6.26 Å². The molecule has 1 aromatic heterocycles. The number of rotatable bonds is 6. The van der Waals surface area contributed by atoms with Gasteiger partial charge in [-0.05, 0) is 35.9 Å². The van der Waals surface area contributed by atoms with Crippen LogP contribution in [0.3, 0.4) is 0 Å². The molecule has 176 valence electrons. The molecule has 1 aliphatic heterocycles. The maximum atomic E-state index is 13.5. The molecule has 0 atom stereocenters. The summed E-state index contributed by atoms with van der Waals surface area (Å²) in [5, 5.41) is 0.344. The fourth-order valence-corrected chi connectivity index (χ4v) is 5.61. The minimum Gasteiger partial charge on any atom is -0.282 e. The Morgan fingerprint density at radius 1 is 0.943 bits per heavy atom. The molecular weight excluding hydrogens is 486 g/mol. The fourth-order valence-electron chi connectivity index (χ4n) is 3.87. The van der Waals surface area contributed by atoms with Crippen LogP contribution in [0.5, 0.6) is 0 Å². The Kier molecular flexibility index (Phi) is 5.70. The zero-order chi connectivity index (χ0) is 24.7. The third-order valence-corrected chi connectivity index (χ3v) is 7.82. The Morgan fingerprint density at radius 2 is 1.57 bits per heavy atom.